The van der Waals surface area contributed by atoms with Gasteiger partial charge in [0.15, 0.2) is 0 Å². The van der Waals surface area contributed by atoms with Crippen LogP contribution in [0.2, 0.25) is 0 Å². The number of aliphatic hydroxyl groups excluding tert-OH is 1. The van der Waals surface area contributed by atoms with E-state index in [1.807, 2.05) is 4.68 Å². The van der Waals surface area contributed by atoms with Crippen LogP contribution in [0, 0.1) is 0 Å². The fourth-order valence-corrected chi connectivity index (χ4v) is 1.35. The maximum absolute atomic E-state index is 9.55. The normalized spacial score (nSPS) is 13.1. The molecule has 1 rings (SSSR count). The molecule has 0 bridgehead atoms. The van der Waals surface area contributed by atoms with Gasteiger partial charge < -0.3 is 10.8 Å². The Morgan fingerprint density at radius 2 is 2.43 bits per heavy atom. The average molecular weight is 198 g/mol. The number of aliphatic hydroxyl groups is 1. The van der Waals surface area contributed by atoms with Crippen molar-refractivity contribution in [1.82, 2.24) is 14.8 Å². The van der Waals surface area contributed by atoms with Gasteiger partial charge in [0.2, 0.25) is 0 Å². The van der Waals surface area contributed by atoms with E-state index < -0.39 is 6.10 Å². The monoisotopic (exact) mass is 198 g/mol. The van der Waals surface area contributed by atoms with E-state index in [2.05, 4.69) is 17.0 Å². The lowest BCUT2D eigenvalue weighted by molar-refractivity contribution is 0.163. The van der Waals surface area contributed by atoms with E-state index in [1.165, 1.54) is 6.33 Å². The second-order valence-electron chi connectivity index (χ2n) is 3.33. The van der Waals surface area contributed by atoms with Gasteiger partial charge in [-0.25, -0.2) is 4.98 Å². The first-order chi connectivity index (χ1) is 6.77. The summed E-state index contributed by atoms with van der Waals surface area (Å²) in [6.07, 6.45) is 3.29. The third kappa shape index (κ3) is 3.08. The molecule has 0 amide bonds. The van der Waals surface area contributed by atoms with Crippen LogP contribution in [0.1, 0.15) is 25.6 Å². The topological polar surface area (TPSA) is 77.0 Å². The fourth-order valence-electron chi connectivity index (χ4n) is 1.35. The Balaban J connectivity index is 2.52. The highest BCUT2D eigenvalue weighted by molar-refractivity contribution is 4.87. The molecule has 80 valence electrons. The highest BCUT2D eigenvalue weighted by Gasteiger charge is 2.09. The van der Waals surface area contributed by atoms with Crippen LogP contribution in [-0.2, 0) is 13.0 Å². The lowest BCUT2D eigenvalue weighted by Crippen LogP contribution is -2.19. The lowest BCUT2D eigenvalue weighted by atomic mass is 10.2. The maximum Gasteiger partial charge on any atom is 0.138 e. The Hall–Kier alpha value is -0.940. The molecule has 0 radical (unpaired) electrons. The zero-order valence-corrected chi connectivity index (χ0v) is 8.56. The molecule has 0 spiro atoms. The van der Waals surface area contributed by atoms with E-state index in [0.717, 1.165) is 18.8 Å². The van der Waals surface area contributed by atoms with Crippen molar-refractivity contribution in [2.45, 2.75) is 38.8 Å². The molecule has 1 heterocycles. The smallest absolute Gasteiger partial charge is 0.138 e. The Labute approximate surface area is 83.9 Å². The Morgan fingerprint density at radius 1 is 1.64 bits per heavy atom. The summed E-state index contributed by atoms with van der Waals surface area (Å²) in [4.78, 5) is 4.11. The summed E-state index contributed by atoms with van der Waals surface area (Å²) >= 11 is 0. The summed E-state index contributed by atoms with van der Waals surface area (Å²) in [7, 11) is 0. The molecule has 1 aromatic rings. The van der Waals surface area contributed by atoms with Crippen molar-refractivity contribution in [1.29, 1.82) is 0 Å². The van der Waals surface area contributed by atoms with Gasteiger partial charge in [-0.3, -0.25) is 4.68 Å². The predicted molar refractivity (Wildman–Crippen MR) is 53.7 cm³/mol. The van der Waals surface area contributed by atoms with Gasteiger partial charge in [0.25, 0.3) is 0 Å². The van der Waals surface area contributed by atoms with Crippen molar-refractivity contribution in [3.8, 4) is 0 Å². The second-order valence-corrected chi connectivity index (χ2v) is 3.33. The van der Waals surface area contributed by atoms with Crippen LogP contribution < -0.4 is 5.73 Å². The van der Waals surface area contributed by atoms with E-state index in [1.54, 1.807) is 0 Å². The third-order valence-corrected chi connectivity index (χ3v) is 2.05. The largest absolute Gasteiger partial charge is 0.393 e. The van der Waals surface area contributed by atoms with Crippen LogP contribution in [0.4, 0.5) is 0 Å². The van der Waals surface area contributed by atoms with E-state index in [-0.39, 0.29) is 0 Å². The van der Waals surface area contributed by atoms with Gasteiger partial charge in [-0.2, -0.15) is 5.10 Å². The van der Waals surface area contributed by atoms with Crippen molar-refractivity contribution in [2.75, 3.05) is 6.54 Å². The molecule has 0 aliphatic carbocycles. The minimum atomic E-state index is -0.403. The molecular weight excluding hydrogens is 180 g/mol. The highest BCUT2D eigenvalue weighted by Crippen LogP contribution is 2.02. The summed E-state index contributed by atoms with van der Waals surface area (Å²) in [5.74, 6) is 0.841. The van der Waals surface area contributed by atoms with Gasteiger partial charge in [-0.05, 0) is 19.4 Å². The minimum absolute atomic E-state index is 0.403. The molecule has 5 heteroatoms. The number of aromatic nitrogens is 3. The zero-order valence-electron chi connectivity index (χ0n) is 8.56. The van der Waals surface area contributed by atoms with Crippen LogP contribution in [0.25, 0.3) is 0 Å². The first-order valence-corrected chi connectivity index (χ1v) is 5.02. The van der Waals surface area contributed by atoms with E-state index in [9.17, 15) is 5.11 Å². The molecule has 0 saturated heterocycles. The molecule has 1 unspecified atom stereocenters. The molecule has 5 nitrogen and oxygen atoms in total. The van der Waals surface area contributed by atoms with Crippen LogP contribution in [-0.4, -0.2) is 32.5 Å². The molecule has 0 aliphatic heterocycles. The Bertz CT molecular complexity index is 261. The van der Waals surface area contributed by atoms with Crippen LogP contribution in [0.3, 0.4) is 0 Å². The van der Waals surface area contributed by atoms with Gasteiger partial charge >= 0.3 is 0 Å². The van der Waals surface area contributed by atoms with Crippen molar-refractivity contribution in [3.63, 3.8) is 0 Å². The van der Waals surface area contributed by atoms with Crippen LogP contribution in [0.15, 0.2) is 6.33 Å². The number of nitrogens with zero attached hydrogens (tertiary/aromatic N) is 3. The van der Waals surface area contributed by atoms with Gasteiger partial charge in [0.05, 0.1) is 6.10 Å². The zero-order chi connectivity index (χ0) is 10.4. The Morgan fingerprint density at radius 3 is 3.07 bits per heavy atom. The molecule has 3 N–H and O–H groups in total. The average Bonchev–Trinajstić information content (AvgIpc) is 2.54. The quantitative estimate of drug-likeness (QED) is 0.671. The number of aryl methyl sites for hydroxylation is 1. The molecule has 1 atom stereocenters. The lowest BCUT2D eigenvalue weighted by Gasteiger charge is -2.09. The third-order valence-electron chi connectivity index (χ3n) is 2.05. The predicted octanol–water partition coefficient (Wildman–Crippen LogP) is -0.0597. The fraction of sp³-hybridized carbons (Fsp3) is 0.778. The van der Waals surface area contributed by atoms with E-state index in [4.69, 9.17) is 5.73 Å². The number of nitrogens with two attached hydrogens (primary N) is 1. The summed E-state index contributed by atoms with van der Waals surface area (Å²) in [6.45, 7) is 3.44. The number of hydrogen-bond donors (Lipinski definition) is 2. The van der Waals surface area contributed by atoms with Crippen molar-refractivity contribution < 1.29 is 5.11 Å². The molecule has 14 heavy (non-hydrogen) atoms. The van der Waals surface area contributed by atoms with Gasteiger partial charge in [-0.1, -0.05) is 6.92 Å². The van der Waals surface area contributed by atoms with Gasteiger partial charge in [0.1, 0.15) is 12.2 Å². The minimum Gasteiger partial charge on any atom is -0.393 e. The van der Waals surface area contributed by atoms with Crippen molar-refractivity contribution in [3.05, 3.63) is 12.2 Å². The number of hydrogen-bond acceptors (Lipinski definition) is 4. The van der Waals surface area contributed by atoms with E-state index in [0.29, 0.717) is 19.4 Å². The summed E-state index contributed by atoms with van der Waals surface area (Å²) in [5.41, 5.74) is 5.35. The standard InChI is InChI=1S/C9H18N4O/c1-2-5-13-9(11-7-12-13)6-8(14)3-4-10/h7-8,14H,2-6,10H2,1H3. The molecule has 0 aromatic carbocycles. The van der Waals surface area contributed by atoms with Crippen LogP contribution >= 0.6 is 0 Å². The molecule has 0 saturated carbocycles. The molecule has 1 aromatic heterocycles. The van der Waals surface area contributed by atoms with Crippen molar-refractivity contribution in [2.24, 2.45) is 5.73 Å². The van der Waals surface area contributed by atoms with Gasteiger partial charge in [-0.15, -0.1) is 0 Å². The molecule has 0 fully saturated rings. The maximum atomic E-state index is 9.55. The first kappa shape index (κ1) is 11.1. The van der Waals surface area contributed by atoms with Crippen LogP contribution in [0.5, 0.6) is 0 Å². The van der Waals surface area contributed by atoms with E-state index >= 15 is 0 Å². The Kier molecular flexibility index (Phi) is 4.55. The summed E-state index contributed by atoms with van der Waals surface area (Å²) in [5, 5.41) is 13.6. The SMILES string of the molecule is CCCn1ncnc1CC(O)CCN. The number of rotatable bonds is 6. The van der Waals surface area contributed by atoms with Gasteiger partial charge in [0, 0.05) is 13.0 Å². The van der Waals surface area contributed by atoms with Crippen molar-refractivity contribution >= 4 is 0 Å². The summed E-state index contributed by atoms with van der Waals surface area (Å²) < 4.78 is 1.83. The second kappa shape index (κ2) is 5.72. The summed E-state index contributed by atoms with van der Waals surface area (Å²) in [6, 6.07) is 0. The molecule has 0 aliphatic rings. The molecular formula is C9H18N4O. The first-order valence-electron chi connectivity index (χ1n) is 5.02. The highest BCUT2D eigenvalue weighted by atomic mass is 16.3.